The number of imidazole rings is 1. The maximum absolute atomic E-state index is 12.4. The first-order chi connectivity index (χ1) is 13.4. The molecule has 28 heavy (non-hydrogen) atoms. The molecule has 0 N–H and O–H groups in total. The van der Waals surface area contributed by atoms with Crippen molar-refractivity contribution in [1.29, 1.82) is 0 Å². The van der Waals surface area contributed by atoms with Gasteiger partial charge >= 0.3 is 0 Å². The third-order valence-corrected chi connectivity index (χ3v) is 7.26. The van der Waals surface area contributed by atoms with E-state index in [4.69, 9.17) is 4.98 Å². The third kappa shape index (κ3) is 3.17. The Kier molecular flexibility index (Phi) is 4.86. The highest BCUT2D eigenvalue weighted by atomic mass is 32.2. The molecule has 0 radical (unpaired) electrons. The Morgan fingerprint density at radius 2 is 1.96 bits per heavy atom. The fraction of sp³-hybridized carbons (Fsp3) is 0.278. The Morgan fingerprint density at radius 1 is 1.14 bits per heavy atom. The monoisotopic (exact) mass is 416 g/mol. The molecule has 0 amide bonds. The van der Waals surface area contributed by atoms with E-state index in [0.717, 1.165) is 28.7 Å². The molecule has 0 aliphatic carbocycles. The van der Waals surface area contributed by atoms with E-state index < -0.39 is 10.0 Å². The Morgan fingerprint density at radius 3 is 2.71 bits per heavy atom. The van der Waals surface area contributed by atoms with Crippen LogP contribution in [0, 0.1) is 0 Å². The number of hydrogen-bond donors (Lipinski definition) is 0. The Balaban J connectivity index is 1.69. The van der Waals surface area contributed by atoms with Crippen LogP contribution in [0.2, 0.25) is 0 Å². The Hall–Kier alpha value is -2.43. The lowest BCUT2D eigenvalue weighted by molar-refractivity contribution is 0.521. The number of nitrogens with zero attached hydrogens (tertiary/aromatic N) is 6. The van der Waals surface area contributed by atoms with E-state index in [9.17, 15) is 8.42 Å². The third-order valence-electron chi connectivity index (χ3n) is 4.51. The standard InChI is InChI=1S/C18H20N6O2S2/c1-4-23-15-9-8-13(28(25,26)22(2)3)11-14(15)19-17(23)12-27-18-21-20-16-7-5-6-10-24(16)18/h5-11H,4,12H2,1-3H3. The number of rotatable bonds is 6. The van der Waals surface area contributed by atoms with Crippen molar-refractivity contribution >= 4 is 38.5 Å². The zero-order valence-electron chi connectivity index (χ0n) is 15.8. The van der Waals surface area contributed by atoms with Gasteiger partial charge in [0.25, 0.3) is 0 Å². The number of pyridine rings is 1. The zero-order chi connectivity index (χ0) is 19.9. The average Bonchev–Trinajstić information content (AvgIpc) is 3.26. The molecule has 0 aliphatic heterocycles. The van der Waals surface area contributed by atoms with Gasteiger partial charge in [0.2, 0.25) is 10.0 Å². The normalized spacial score (nSPS) is 12.4. The molecule has 0 saturated carbocycles. The van der Waals surface area contributed by atoms with Crippen LogP contribution in [0.3, 0.4) is 0 Å². The number of thioether (sulfide) groups is 1. The van der Waals surface area contributed by atoms with Crippen molar-refractivity contribution in [3.63, 3.8) is 0 Å². The first-order valence-corrected chi connectivity index (χ1v) is 11.2. The highest BCUT2D eigenvalue weighted by molar-refractivity contribution is 7.98. The summed E-state index contributed by atoms with van der Waals surface area (Å²) in [7, 11) is -0.448. The van der Waals surface area contributed by atoms with Crippen molar-refractivity contribution in [2.45, 2.75) is 29.3 Å². The maximum Gasteiger partial charge on any atom is 0.242 e. The van der Waals surface area contributed by atoms with Crippen molar-refractivity contribution in [3.05, 3.63) is 48.4 Å². The van der Waals surface area contributed by atoms with Gasteiger partial charge < -0.3 is 4.57 Å². The summed E-state index contributed by atoms with van der Waals surface area (Å²) >= 11 is 1.55. The van der Waals surface area contributed by atoms with E-state index in [1.165, 1.54) is 18.4 Å². The summed E-state index contributed by atoms with van der Waals surface area (Å²) in [4.78, 5) is 4.94. The molecule has 3 aromatic heterocycles. The van der Waals surface area contributed by atoms with Crippen LogP contribution >= 0.6 is 11.8 Å². The smallest absolute Gasteiger partial charge is 0.242 e. The minimum atomic E-state index is -3.49. The van der Waals surface area contributed by atoms with Crippen LogP contribution < -0.4 is 0 Å². The topological polar surface area (TPSA) is 85.4 Å². The van der Waals surface area contributed by atoms with Gasteiger partial charge in [0.15, 0.2) is 10.8 Å². The predicted octanol–water partition coefficient (Wildman–Crippen LogP) is 2.64. The van der Waals surface area contributed by atoms with Gasteiger partial charge in [-0.2, -0.15) is 0 Å². The highest BCUT2D eigenvalue weighted by Crippen LogP contribution is 2.26. The van der Waals surface area contributed by atoms with Crippen LogP contribution in [0.15, 0.2) is 52.6 Å². The number of sulfonamides is 1. The SMILES string of the molecule is CCn1c(CSc2nnc3ccccn23)nc2cc(S(=O)(=O)N(C)C)ccc21. The van der Waals surface area contributed by atoms with Crippen LogP contribution in [0.5, 0.6) is 0 Å². The minimum absolute atomic E-state index is 0.244. The van der Waals surface area contributed by atoms with E-state index in [1.807, 2.05) is 41.8 Å². The molecule has 10 heteroatoms. The van der Waals surface area contributed by atoms with E-state index >= 15 is 0 Å². The van der Waals surface area contributed by atoms with Gasteiger partial charge in [0, 0.05) is 26.8 Å². The summed E-state index contributed by atoms with van der Waals surface area (Å²) < 4.78 is 30.1. The number of aromatic nitrogens is 5. The summed E-state index contributed by atoms with van der Waals surface area (Å²) in [6.45, 7) is 2.79. The molecule has 0 aliphatic rings. The Bertz CT molecular complexity index is 1260. The fourth-order valence-corrected chi connectivity index (χ4v) is 4.83. The van der Waals surface area contributed by atoms with Crippen LogP contribution in [0.1, 0.15) is 12.7 Å². The second-order valence-electron chi connectivity index (χ2n) is 6.41. The van der Waals surface area contributed by atoms with Crippen LogP contribution in [0.25, 0.3) is 16.7 Å². The number of hydrogen-bond acceptors (Lipinski definition) is 6. The van der Waals surface area contributed by atoms with Crippen molar-refractivity contribution in [2.75, 3.05) is 14.1 Å². The summed E-state index contributed by atoms with van der Waals surface area (Å²) in [5.41, 5.74) is 2.39. The first kappa shape index (κ1) is 18.9. The van der Waals surface area contributed by atoms with Crippen molar-refractivity contribution in [3.8, 4) is 0 Å². The second-order valence-corrected chi connectivity index (χ2v) is 9.50. The summed E-state index contributed by atoms with van der Waals surface area (Å²) in [6.07, 6.45) is 1.93. The molecular formula is C18H20N6O2S2. The number of aryl methyl sites for hydroxylation is 1. The van der Waals surface area contributed by atoms with E-state index in [1.54, 1.807) is 23.9 Å². The van der Waals surface area contributed by atoms with Gasteiger partial charge in [-0.1, -0.05) is 17.8 Å². The molecule has 0 atom stereocenters. The van der Waals surface area contributed by atoms with E-state index in [0.29, 0.717) is 11.3 Å². The van der Waals surface area contributed by atoms with E-state index in [2.05, 4.69) is 14.8 Å². The molecule has 0 unspecified atom stereocenters. The van der Waals surface area contributed by atoms with Gasteiger partial charge in [-0.3, -0.25) is 4.40 Å². The number of benzene rings is 1. The molecule has 3 heterocycles. The molecule has 8 nitrogen and oxygen atoms in total. The van der Waals surface area contributed by atoms with Crippen molar-refractivity contribution < 1.29 is 8.42 Å². The van der Waals surface area contributed by atoms with Gasteiger partial charge in [-0.05, 0) is 37.3 Å². The summed E-state index contributed by atoms with van der Waals surface area (Å²) in [5, 5.41) is 9.20. The predicted molar refractivity (Wildman–Crippen MR) is 109 cm³/mol. The summed E-state index contributed by atoms with van der Waals surface area (Å²) in [5.74, 6) is 1.48. The molecule has 1 aromatic carbocycles. The van der Waals surface area contributed by atoms with Gasteiger partial charge in [-0.25, -0.2) is 17.7 Å². The largest absolute Gasteiger partial charge is 0.328 e. The molecule has 4 rings (SSSR count). The van der Waals surface area contributed by atoms with Gasteiger partial charge in [0.1, 0.15) is 5.82 Å². The first-order valence-electron chi connectivity index (χ1n) is 8.76. The molecule has 0 bridgehead atoms. The molecule has 146 valence electrons. The zero-order valence-corrected chi connectivity index (χ0v) is 17.4. The fourth-order valence-electron chi connectivity index (χ4n) is 3.04. The van der Waals surface area contributed by atoms with Crippen molar-refractivity contribution in [1.82, 2.24) is 28.5 Å². The van der Waals surface area contributed by atoms with Gasteiger partial charge in [0.05, 0.1) is 21.7 Å². The van der Waals surface area contributed by atoms with Crippen LogP contribution in [-0.2, 0) is 22.3 Å². The van der Waals surface area contributed by atoms with Crippen molar-refractivity contribution in [2.24, 2.45) is 0 Å². The average molecular weight is 417 g/mol. The summed E-state index contributed by atoms with van der Waals surface area (Å²) in [6, 6.07) is 10.9. The second kappa shape index (κ2) is 7.19. The highest BCUT2D eigenvalue weighted by Gasteiger charge is 2.19. The lowest BCUT2D eigenvalue weighted by atomic mass is 10.3. The molecule has 4 aromatic rings. The molecule has 0 saturated heterocycles. The molecular weight excluding hydrogens is 396 g/mol. The van der Waals surface area contributed by atoms with Crippen LogP contribution in [-0.4, -0.2) is 51.0 Å². The number of fused-ring (bicyclic) bond motifs is 2. The Labute approximate surface area is 167 Å². The molecule has 0 spiro atoms. The van der Waals surface area contributed by atoms with Crippen LogP contribution in [0.4, 0.5) is 0 Å². The lowest BCUT2D eigenvalue weighted by Gasteiger charge is -2.11. The van der Waals surface area contributed by atoms with E-state index in [-0.39, 0.29) is 4.90 Å². The molecule has 0 fully saturated rings. The lowest BCUT2D eigenvalue weighted by Crippen LogP contribution is -2.22. The quantitative estimate of drug-likeness (QED) is 0.449. The van der Waals surface area contributed by atoms with Gasteiger partial charge in [-0.15, -0.1) is 10.2 Å². The minimum Gasteiger partial charge on any atom is -0.328 e. The maximum atomic E-state index is 12.4.